The van der Waals surface area contributed by atoms with Crippen molar-refractivity contribution >= 4 is 28.6 Å². The van der Waals surface area contributed by atoms with Gasteiger partial charge in [-0.05, 0) is 86.3 Å². The fourth-order valence-electron chi connectivity index (χ4n) is 6.39. The summed E-state index contributed by atoms with van der Waals surface area (Å²) >= 11 is 0. The lowest BCUT2D eigenvalue weighted by atomic mass is 10.0. The Labute approximate surface area is 235 Å². The molecule has 0 N–H and O–H groups in total. The number of carbonyl (C=O) groups is 1. The highest BCUT2D eigenvalue weighted by Crippen LogP contribution is 2.35. The highest BCUT2D eigenvalue weighted by atomic mass is 16.5. The molecule has 2 saturated heterocycles. The van der Waals surface area contributed by atoms with Crippen molar-refractivity contribution in [3.8, 4) is 5.75 Å². The molecule has 0 bridgehead atoms. The Hall–Kier alpha value is -2.44. The van der Waals surface area contributed by atoms with Crippen molar-refractivity contribution < 1.29 is 9.53 Å². The number of nitrogens with zero attached hydrogens (tertiary/aromatic N) is 4. The third kappa shape index (κ3) is 7.20. The molecule has 3 aliphatic rings. The highest BCUT2D eigenvalue weighted by molar-refractivity contribution is 6.06. The lowest BCUT2D eigenvalue weighted by Crippen LogP contribution is -2.46. The van der Waals surface area contributed by atoms with Crippen LogP contribution < -0.4 is 4.74 Å². The molecule has 0 aliphatic carbocycles. The molecule has 2 fully saturated rings. The summed E-state index contributed by atoms with van der Waals surface area (Å²) in [5.41, 5.74) is 2.63. The smallest absolute Gasteiger partial charge is 0.256 e. The first kappa shape index (κ1) is 28.1. The summed E-state index contributed by atoms with van der Waals surface area (Å²) in [5.74, 6) is 1.06. The maximum Gasteiger partial charge on any atom is 0.256 e. The van der Waals surface area contributed by atoms with Crippen molar-refractivity contribution in [2.45, 2.75) is 84.1 Å². The molecule has 0 unspecified atom stereocenters. The van der Waals surface area contributed by atoms with Crippen LogP contribution in [0.15, 0.2) is 29.3 Å². The zero-order valence-corrected chi connectivity index (χ0v) is 24.3. The second-order valence-corrected chi connectivity index (χ2v) is 11.8. The Balaban J connectivity index is 0.990. The van der Waals surface area contributed by atoms with E-state index in [0.717, 1.165) is 65.8 Å². The molecule has 6 heteroatoms. The van der Waals surface area contributed by atoms with Crippen molar-refractivity contribution in [2.75, 3.05) is 52.4 Å². The molecule has 6 nitrogen and oxygen atoms in total. The van der Waals surface area contributed by atoms with Gasteiger partial charge in [-0.2, -0.15) is 0 Å². The molecule has 0 radical (unpaired) electrons. The van der Waals surface area contributed by atoms with E-state index >= 15 is 0 Å². The second-order valence-electron chi connectivity index (χ2n) is 11.8. The monoisotopic (exact) mass is 532 g/mol. The molecule has 2 aromatic carbocycles. The molecule has 0 aromatic heterocycles. The number of amides is 1. The number of ether oxygens (including phenoxy) is 1. The summed E-state index contributed by atoms with van der Waals surface area (Å²) in [4.78, 5) is 25.0. The van der Waals surface area contributed by atoms with Crippen LogP contribution in [-0.4, -0.2) is 85.3 Å². The van der Waals surface area contributed by atoms with Crippen LogP contribution in [0.1, 0.15) is 87.1 Å². The van der Waals surface area contributed by atoms with Crippen LogP contribution in [0.3, 0.4) is 0 Å². The Morgan fingerprint density at radius 1 is 0.846 bits per heavy atom. The number of piperazine rings is 1. The first-order valence-electron chi connectivity index (χ1n) is 15.6. The third-order valence-corrected chi connectivity index (χ3v) is 8.96. The van der Waals surface area contributed by atoms with Gasteiger partial charge < -0.3 is 19.4 Å². The van der Waals surface area contributed by atoms with Crippen molar-refractivity contribution in [1.82, 2.24) is 14.7 Å². The van der Waals surface area contributed by atoms with Crippen LogP contribution in [0.5, 0.6) is 5.75 Å². The predicted molar refractivity (Wildman–Crippen MR) is 162 cm³/mol. The summed E-state index contributed by atoms with van der Waals surface area (Å²) in [7, 11) is 0. The summed E-state index contributed by atoms with van der Waals surface area (Å²) < 4.78 is 6.21. The van der Waals surface area contributed by atoms with E-state index in [-0.39, 0.29) is 11.9 Å². The van der Waals surface area contributed by atoms with Crippen LogP contribution in [0.25, 0.3) is 10.8 Å². The topological polar surface area (TPSA) is 48.4 Å². The minimum Gasteiger partial charge on any atom is -0.493 e. The van der Waals surface area contributed by atoms with Crippen LogP contribution in [0.4, 0.5) is 5.69 Å². The van der Waals surface area contributed by atoms with E-state index in [0.29, 0.717) is 0 Å². The Morgan fingerprint density at radius 2 is 1.54 bits per heavy atom. The number of hydrogen-bond acceptors (Lipinski definition) is 5. The molecular formula is C33H48N4O2. The predicted octanol–water partition coefficient (Wildman–Crippen LogP) is 6.61. The first-order chi connectivity index (χ1) is 19.1. The van der Waals surface area contributed by atoms with Crippen molar-refractivity contribution in [3.05, 3.63) is 35.4 Å². The van der Waals surface area contributed by atoms with Gasteiger partial charge in [0.15, 0.2) is 0 Å². The number of aryl methyl sites for hydroxylation is 1. The molecule has 1 amide bonds. The second kappa shape index (κ2) is 13.8. The summed E-state index contributed by atoms with van der Waals surface area (Å²) in [6.45, 7) is 13.5. The molecule has 0 spiro atoms. The fourth-order valence-corrected chi connectivity index (χ4v) is 6.39. The van der Waals surface area contributed by atoms with Gasteiger partial charge in [-0.3, -0.25) is 9.79 Å². The van der Waals surface area contributed by atoms with Gasteiger partial charge in [-0.15, -0.1) is 0 Å². The van der Waals surface area contributed by atoms with Gasteiger partial charge >= 0.3 is 0 Å². The SMILES string of the molecule is CCN1CCN(CCCCCCCCCCOc2cc3cc4c(cc3cc2C)C(=O)N2CCC[C@H]2C=N4)CC1. The van der Waals surface area contributed by atoms with Gasteiger partial charge in [0, 0.05) is 38.9 Å². The first-order valence-corrected chi connectivity index (χ1v) is 15.6. The van der Waals surface area contributed by atoms with Gasteiger partial charge in [-0.25, -0.2) is 0 Å². The molecular weight excluding hydrogens is 484 g/mol. The van der Waals surface area contributed by atoms with Crippen molar-refractivity contribution in [3.63, 3.8) is 0 Å². The lowest BCUT2D eigenvalue weighted by Gasteiger charge is -2.33. The standard InChI is InChI=1S/C33H48N4O2/c1-3-35-16-18-36(19-17-35)14-10-8-6-4-5-7-9-11-20-39-32-24-28-23-31-30(22-27(28)21-26(32)2)33(38)37-15-12-13-29(37)25-34-31/h21-25,29H,3-20H2,1-2H3/t29-/m0/s1. The minimum absolute atomic E-state index is 0.117. The highest BCUT2D eigenvalue weighted by Gasteiger charge is 2.31. The number of rotatable bonds is 13. The average molecular weight is 533 g/mol. The van der Waals surface area contributed by atoms with Crippen LogP contribution in [-0.2, 0) is 0 Å². The summed E-state index contributed by atoms with van der Waals surface area (Å²) in [6, 6.07) is 8.50. The zero-order chi connectivity index (χ0) is 27.0. The summed E-state index contributed by atoms with van der Waals surface area (Å²) in [6.07, 6.45) is 14.5. The van der Waals surface area contributed by atoms with Crippen molar-refractivity contribution in [1.29, 1.82) is 0 Å². The van der Waals surface area contributed by atoms with E-state index in [1.54, 1.807) is 0 Å². The van der Waals surface area contributed by atoms with E-state index < -0.39 is 0 Å². The number of likely N-dealkylation sites (N-methyl/N-ethyl adjacent to an activating group) is 1. The number of fused-ring (bicyclic) bond motifs is 3. The molecule has 3 aliphatic heterocycles. The minimum atomic E-state index is 0.117. The van der Waals surface area contributed by atoms with E-state index in [1.165, 1.54) is 84.2 Å². The number of carbonyl (C=O) groups excluding carboxylic acids is 1. The van der Waals surface area contributed by atoms with E-state index in [9.17, 15) is 4.79 Å². The molecule has 2 aromatic rings. The van der Waals surface area contributed by atoms with Crippen LogP contribution in [0.2, 0.25) is 0 Å². The van der Waals surface area contributed by atoms with E-state index in [4.69, 9.17) is 9.73 Å². The fraction of sp³-hybridized carbons (Fsp3) is 0.636. The normalized spacial score (nSPS) is 19.9. The largest absolute Gasteiger partial charge is 0.493 e. The van der Waals surface area contributed by atoms with Gasteiger partial charge in [0.2, 0.25) is 0 Å². The molecule has 39 heavy (non-hydrogen) atoms. The van der Waals surface area contributed by atoms with Gasteiger partial charge in [0.25, 0.3) is 5.91 Å². The van der Waals surface area contributed by atoms with Gasteiger partial charge in [0.1, 0.15) is 5.75 Å². The van der Waals surface area contributed by atoms with Gasteiger partial charge in [-0.1, -0.05) is 45.4 Å². The Bertz CT molecular complexity index is 1140. The summed E-state index contributed by atoms with van der Waals surface area (Å²) in [5, 5.41) is 2.17. The number of aliphatic imine (C=N–C) groups is 1. The molecule has 1 atom stereocenters. The van der Waals surface area contributed by atoms with Crippen LogP contribution >= 0.6 is 0 Å². The van der Waals surface area contributed by atoms with Gasteiger partial charge in [0.05, 0.1) is 23.9 Å². The van der Waals surface area contributed by atoms with Crippen LogP contribution in [0, 0.1) is 6.92 Å². The van der Waals surface area contributed by atoms with E-state index in [2.05, 4.69) is 41.8 Å². The third-order valence-electron chi connectivity index (χ3n) is 8.96. The number of benzene rings is 2. The van der Waals surface area contributed by atoms with Crippen molar-refractivity contribution in [2.24, 2.45) is 4.99 Å². The molecule has 5 rings (SSSR count). The Kier molecular flexibility index (Phi) is 9.91. The number of hydrogen-bond donors (Lipinski definition) is 0. The zero-order valence-electron chi connectivity index (χ0n) is 24.3. The maximum absolute atomic E-state index is 13.1. The Morgan fingerprint density at radius 3 is 2.31 bits per heavy atom. The number of unbranched alkanes of at least 4 members (excludes halogenated alkanes) is 7. The molecule has 212 valence electrons. The quantitative estimate of drug-likeness (QED) is 0.273. The lowest BCUT2D eigenvalue weighted by molar-refractivity contribution is 0.0775. The average Bonchev–Trinajstić information content (AvgIpc) is 3.39. The van der Waals surface area contributed by atoms with E-state index in [1.807, 2.05) is 17.2 Å². The maximum atomic E-state index is 13.1. The molecule has 0 saturated carbocycles. The molecule has 3 heterocycles.